The molecular weight excluding hydrogens is 336 g/mol. The highest BCUT2D eigenvalue weighted by molar-refractivity contribution is 7.99. The average Bonchev–Trinajstić information content (AvgIpc) is 2.84. The molecule has 0 amide bonds. The third kappa shape index (κ3) is 2.79. The van der Waals surface area contributed by atoms with Crippen LogP contribution in [0.3, 0.4) is 0 Å². The molecular formula is C14H8Cl2FNS2. The lowest BCUT2D eigenvalue weighted by Crippen LogP contribution is -1.82. The van der Waals surface area contributed by atoms with Gasteiger partial charge in [0.1, 0.15) is 0 Å². The maximum atomic E-state index is 12.8. The minimum absolute atomic E-state index is 0.162. The van der Waals surface area contributed by atoms with E-state index < -0.39 is 0 Å². The Balaban J connectivity index is 2.06. The zero-order chi connectivity index (χ0) is 14.1. The largest absolute Gasteiger partial charge is 0.264 e. The van der Waals surface area contributed by atoms with Crippen LogP contribution >= 0.6 is 47.3 Å². The van der Waals surface area contributed by atoms with E-state index in [1.54, 1.807) is 24.0 Å². The lowest BCUT2D eigenvalue weighted by molar-refractivity contribution is 0.921. The molecule has 6 heteroatoms. The molecule has 0 aliphatic carbocycles. The van der Waals surface area contributed by atoms with Crippen LogP contribution < -0.4 is 0 Å². The molecule has 1 nitrogen and oxygen atoms in total. The molecule has 102 valence electrons. The first-order valence-electron chi connectivity index (χ1n) is 5.70. The Morgan fingerprint density at radius 1 is 0.950 bits per heavy atom. The molecule has 0 saturated heterocycles. The van der Waals surface area contributed by atoms with E-state index in [1.807, 2.05) is 36.4 Å². The third-order valence-electron chi connectivity index (χ3n) is 2.81. The van der Waals surface area contributed by atoms with Crippen molar-refractivity contribution in [3.05, 3.63) is 58.7 Å². The number of hydrogen-bond acceptors (Lipinski definition) is 2. The molecule has 0 N–H and O–H groups in total. The van der Waals surface area contributed by atoms with Crippen LogP contribution in [-0.2, 0) is 0 Å². The molecule has 2 aromatic carbocycles. The van der Waals surface area contributed by atoms with Crippen LogP contribution in [0.25, 0.3) is 10.9 Å². The number of rotatable bonds is 3. The summed E-state index contributed by atoms with van der Waals surface area (Å²) >= 11 is 13.7. The topological polar surface area (TPSA) is 4.93 Å². The second kappa shape index (κ2) is 5.90. The maximum Gasteiger partial charge on any atom is 0.169 e. The van der Waals surface area contributed by atoms with Crippen LogP contribution in [0.15, 0.2) is 58.5 Å². The van der Waals surface area contributed by atoms with Crippen LogP contribution in [-0.4, -0.2) is 3.97 Å². The summed E-state index contributed by atoms with van der Waals surface area (Å²) in [5.74, 6) is 0. The van der Waals surface area contributed by atoms with E-state index in [2.05, 4.69) is 0 Å². The summed E-state index contributed by atoms with van der Waals surface area (Å²) in [5.41, 5.74) is 0.765. The average molecular weight is 344 g/mol. The van der Waals surface area contributed by atoms with Gasteiger partial charge in [-0.15, -0.1) is 3.89 Å². The standard InChI is InChI=1S/C14H8Cl2FNS2/c15-9-1-3-11(4-2-9)19-14-8-10(16)7-13-12(14)5-6-18(13)20-17/h1-8H. The predicted octanol–water partition coefficient (Wildman–Crippen LogP) is 6.48. The summed E-state index contributed by atoms with van der Waals surface area (Å²) < 4.78 is 14.3. The summed E-state index contributed by atoms with van der Waals surface area (Å²) in [4.78, 5) is 2.04. The van der Waals surface area contributed by atoms with Crippen molar-refractivity contribution in [3.63, 3.8) is 0 Å². The van der Waals surface area contributed by atoms with E-state index in [4.69, 9.17) is 23.2 Å². The molecule has 0 bridgehead atoms. The normalized spacial score (nSPS) is 11.2. The molecule has 1 aromatic heterocycles. The fourth-order valence-electron chi connectivity index (χ4n) is 1.93. The number of benzene rings is 2. The van der Waals surface area contributed by atoms with E-state index >= 15 is 0 Å². The molecule has 3 aromatic rings. The summed E-state index contributed by atoms with van der Waals surface area (Å²) in [5, 5.41) is 2.26. The van der Waals surface area contributed by atoms with Gasteiger partial charge in [-0.1, -0.05) is 35.0 Å². The van der Waals surface area contributed by atoms with Gasteiger partial charge in [-0.3, -0.25) is 3.97 Å². The van der Waals surface area contributed by atoms with Crippen molar-refractivity contribution in [1.29, 1.82) is 0 Å². The van der Waals surface area contributed by atoms with Crippen LogP contribution in [0.4, 0.5) is 3.89 Å². The fraction of sp³-hybridized carbons (Fsp3) is 0. The smallest absolute Gasteiger partial charge is 0.169 e. The van der Waals surface area contributed by atoms with Crippen molar-refractivity contribution in [3.8, 4) is 0 Å². The Labute approximate surface area is 134 Å². The van der Waals surface area contributed by atoms with Gasteiger partial charge in [-0.2, -0.15) is 0 Å². The molecule has 0 fully saturated rings. The monoisotopic (exact) mass is 343 g/mol. The van der Waals surface area contributed by atoms with Crippen molar-refractivity contribution in [2.75, 3.05) is 0 Å². The Morgan fingerprint density at radius 3 is 2.40 bits per heavy atom. The van der Waals surface area contributed by atoms with Crippen LogP contribution in [0.1, 0.15) is 0 Å². The molecule has 3 rings (SSSR count). The maximum absolute atomic E-state index is 12.8. The number of nitrogens with zero attached hydrogens (tertiary/aromatic N) is 1. The highest BCUT2D eigenvalue weighted by Crippen LogP contribution is 2.37. The lowest BCUT2D eigenvalue weighted by Gasteiger charge is -2.06. The molecule has 0 spiro atoms. The zero-order valence-corrected chi connectivity index (χ0v) is 13.2. The van der Waals surface area contributed by atoms with Crippen molar-refractivity contribution >= 4 is 58.2 Å². The first-order chi connectivity index (χ1) is 9.67. The molecule has 0 atom stereocenters. The van der Waals surface area contributed by atoms with E-state index in [0.29, 0.717) is 10.0 Å². The molecule has 0 aliphatic rings. The Kier molecular flexibility index (Phi) is 4.17. The first-order valence-corrected chi connectivity index (χ1v) is 7.95. The van der Waals surface area contributed by atoms with E-state index in [1.165, 1.54) is 3.97 Å². The fourth-order valence-corrected chi connectivity index (χ4v) is 3.66. The van der Waals surface area contributed by atoms with Crippen molar-refractivity contribution in [2.45, 2.75) is 9.79 Å². The van der Waals surface area contributed by atoms with Gasteiger partial charge >= 0.3 is 0 Å². The van der Waals surface area contributed by atoms with Gasteiger partial charge in [0, 0.05) is 31.4 Å². The molecule has 0 unspecified atom stereocenters. The Morgan fingerprint density at radius 2 is 1.70 bits per heavy atom. The van der Waals surface area contributed by atoms with Gasteiger partial charge < -0.3 is 0 Å². The van der Waals surface area contributed by atoms with Gasteiger partial charge in [0.2, 0.25) is 0 Å². The van der Waals surface area contributed by atoms with Gasteiger partial charge in [0.05, 0.1) is 5.52 Å². The third-order valence-corrected chi connectivity index (χ3v) is 4.82. The van der Waals surface area contributed by atoms with Crippen LogP contribution in [0.5, 0.6) is 0 Å². The lowest BCUT2D eigenvalue weighted by atomic mass is 10.2. The molecule has 0 radical (unpaired) electrons. The molecule has 20 heavy (non-hydrogen) atoms. The van der Waals surface area contributed by atoms with Gasteiger partial charge in [0.25, 0.3) is 0 Å². The highest BCUT2D eigenvalue weighted by Gasteiger charge is 2.10. The second-order valence-corrected chi connectivity index (χ2v) is 6.62. The van der Waals surface area contributed by atoms with Crippen LogP contribution in [0, 0.1) is 0 Å². The van der Waals surface area contributed by atoms with Crippen LogP contribution in [0.2, 0.25) is 10.0 Å². The summed E-state index contributed by atoms with van der Waals surface area (Å²) in [6.45, 7) is 0. The quantitative estimate of drug-likeness (QED) is 0.536. The van der Waals surface area contributed by atoms with E-state index in [9.17, 15) is 3.89 Å². The second-order valence-electron chi connectivity index (χ2n) is 4.10. The van der Waals surface area contributed by atoms with Gasteiger partial charge in [-0.05, 0) is 42.5 Å². The molecule has 0 saturated carbocycles. The number of halogens is 3. The molecule has 0 aliphatic heterocycles. The van der Waals surface area contributed by atoms with Gasteiger partial charge in [-0.25, -0.2) is 0 Å². The zero-order valence-electron chi connectivity index (χ0n) is 10.0. The van der Waals surface area contributed by atoms with Crippen molar-refractivity contribution < 1.29 is 3.89 Å². The number of fused-ring (bicyclic) bond motifs is 1. The number of aromatic nitrogens is 1. The van der Waals surface area contributed by atoms with E-state index in [0.717, 1.165) is 20.7 Å². The van der Waals surface area contributed by atoms with Gasteiger partial charge in [0.15, 0.2) is 12.3 Å². The molecule has 1 heterocycles. The van der Waals surface area contributed by atoms with E-state index in [-0.39, 0.29) is 12.3 Å². The summed E-state index contributed by atoms with van der Waals surface area (Å²) in [7, 11) is 0. The Bertz CT molecular complexity index is 756. The summed E-state index contributed by atoms with van der Waals surface area (Å²) in [6.07, 6.45) is 1.69. The number of hydrogen-bond donors (Lipinski definition) is 0. The first kappa shape index (κ1) is 14.1. The van der Waals surface area contributed by atoms with Crippen molar-refractivity contribution in [1.82, 2.24) is 3.97 Å². The minimum Gasteiger partial charge on any atom is -0.264 e. The van der Waals surface area contributed by atoms with Crippen molar-refractivity contribution in [2.24, 2.45) is 0 Å². The highest BCUT2D eigenvalue weighted by atomic mass is 35.5. The predicted molar refractivity (Wildman–Crippen MR) is 86.6 cm³/mol. The SMILES string of the molecule is FSn1ccc2c(Sc3ccc(Cl)cc3)cc(Cl)cc21. The Hall–Kier alpha value is -0.810. The minimum atomic E-state index is 0.162. The summed E-state index contributed by atoms with van der Waals surface area (Å²) in [6, 6.07) is 13.1.